The second-order valence-corrected chi connectivity index (χ2v) is 6.77. The van der Waals surface area contributed by atoms with Gasteiger partial charge in [0.25, 0.3) is 0 Å². The molecule has 2 aromatic rings. The molecule has 150 valence electrons. The van der Waals surface area contributed by atoms with Crippen LogP contribution in [0.2, 0.25) is 0 Å². The Morgan fingerprint density at radius 3 is 2.93 bits per heavy atom. The van der Waals surface area contributed by atoms with Crippen molar-refractivity contribution < 1.29 is 9.84 Å². The normalized spacial score (nSPS) is 19.8. The maximum Gasteiger partial charge on any atom is 0.207 e. The van der Waals surface area contributed by atoms with Gasteiger partial charge in [-0.3, -0.25) is 4.57 Å². The Morgan fingerprint density at radius 2 is 2.21 bits per heavy atom. The third kappa shape index (κ3) is 4.40. The van der Waals surface area contributed by atoms with E-state index in [0.29, 0.717) is 22.9 Å². The zero-order valence-electron chi connectivity index (χ0n) is 16.0. The number of nitrogen functional groups attached to an aromatic ring is 1. The Bertz CT molecular complexity index is 860. The van der Waals surface area contributed by atoms with Gasteiger partial charge in [0.1, 0.15) is 12.6 Å². The number of aromatic nitrogens is 4. The zero-order valence-corrected chi connectivity index (χ0v) is 16.0. The Balaban J connectivity index is 1.71. The van der Waals surface area contributed by atoms with Gasteiger partial charge in [-0.05, 0) is 37.7 Å². The minimum absolute atomic E-state index is 0.00682. The number of unbranched alkanes of at least 4 members (excludes halogenated alkanes) is 1. The molecule has 3 heterocycles. The Morgan fingerprint density at radius 1 is 1.36 bits per heavy atom. The highest BCUT2D eigenvalue weighted by atomic mass is 16.5. The van der Waals surface area contributed by atoms with E-state index in [0.717, 1.165) is 38.6 Å². The van der Waals surface area contributed by atoms with Gasteiger partial charge in [0.05, 0.1) is 12.7 Å². The predicted octanol–water partition coefficient (Wildman–Crippen LogP) is 2.96. The number of imidazole rings is 1. The Kier molecular flexibility index (Phi) is 6.78. The standard InChI is InChI=1S/C20H28N6O2/c1-3-7-14(4-2)8-5-6-11-22-20-25-17-18(21)23-13-24-19(17)26(20)16-10-9-15(12-27)28-16/h3-4,7,13,15-16,27H,1-2,5-6,8-12H2,(H,22,25)(H2,21,23,24)/b14-7+. The predicted molar refractivity (Wildman–Crippen MR) is 111 cm³/mol. The summed E-state index contributed by atoms with van der Waals surface area (Å²) < 4.78 is 7.87. The van der Waals surface area contributed by atoms with E-state index in [4.69, 9.17) is 10.5 Å². The van der Waals surface area contributed by atoms with Crippen LogP contribution >= 0.6 is 0 Å². The molecule has 1 aliphatic heterocycles. The van der Waals surface area contributed by atoms with Crippen LogP contribution in [-0.2, 0) is 4.74 Å². The zero-order chi connectivity index (χ0) is 19.9. The van der Waals surface area contributed by atoms with E-state index in [-0.39, 0.29) is 18.9 Å². The van der Waals surface area contributed by atoms with E-state index in [1.54, 1.807) is 6.08 Å². The summed E-state index contributed by atoms with van der Waals surface area (Å²) in [5.74, 6) is 1.00. The number of allylic oxidation sites excluding steroid dienone is 4. The van der Waals surface area contributed by atoms with Crippen molar-refractivity contribution in [1.82, 2.24) is 19.5 Å². The van der Waals surface area contributed by atoms with E-state index in [1.807, 2.05) is 16.7 Å². The Labute approximate surface area is 164 Å². The third-order valence-electron chi connectivity index (χ3n) is 4.85. The molecule has 0 spiro atoms. The van der Waals surface area contributed by atoms with E-state index in [9.17, 15) is 5.11 Å². The van der Waals surface area contributed by atoms with Gasteiger partial charge >= 0.3 is 0 Å². The molecule has 1 fully saturated rings. The highest BCUT2D eigenvalue weighted by molar-refractivity contribution is 5.84. The molecule has 28 heavy (non-hydrogen) atoms. The van der Waals surface area contributed by atoms with Crippen LogP contribution in [0.15, 0.2) is 43.3 Å². The number of ether oxygens (including phenoxy) is 1. The van der Waals surface area contributed by atoms with Gasteiger partial charge in [0, 0.05) is 6.54 Å². The monoisotopic (exact) mass is 384 g/mol. The lowest BCUT2D eigenvalue weighted by Gasteiger charge is -2.17. The number of fused-ring (bicyclic) bond motifs is 1. The van der Waals surface area contributed by atoms with E-state index >= 15 is 0 Å². The third-order valence-corrected chi connectivity index (χ3v) is 4.85. The first-order valence-corrected chi connectivity index (χ1v) is 9.60. The van der Waals surface area contributed by atoms with Crippen molar-refractivity contribution in [1.29, 1.82) is 0 Å². The molecule has 0 bridgehead atoms. The first-order valence-electron chi connectivity index (χ1n) is 9.60. The number of hydrogen-bond acceptors (Lipinski definition) is 7. The van der Waals surface area contributed by atoms with Crippen LogP contribution in [0, 0.1) is 0 Å². The van der Waals surface area contributed by atoms with Gasteiger partial charge in [0.2, 0.25) is 5.95 Å². The molecule has 0 saturated carbocycles. The molecule has 0 radical (unpaired) electrons. The minimum Gasteiger partial charge on any atom is -0.394 e. The molecule has 4 N–H and O–H groups in total. The summed E-state index contributed by atoms with van der Waals surface area (Å²) in [7, 11) is 0. The second kappa shape index (κ2) is 9.48. The molecular formula is C20H28N6O2. The first-order chi connectivity index (χ1) is 13.7. The SMILES string of the molecule is C=C/C=C(\C=C)CCCCNc1nc2c(N)ncnc2n1C1CCC(CO)O1. The topological polar surface area (TPSA) is 111 Å². The van der Waals surface area contributed by atoms with Gasteiger partial charge < -0.3 is 20.9 Å². The van der Waals surface area contributed by atoms with Crippen molar-refractivity contribution in [2.75, 3.05) is 24.2 Å². The van der Waals surface area contributed by atoms with Crippen LogP contribution in [0.5, 0.6) is 0 Å². The largest absolute Gasteiger partial charge is 0.394 e. The number of aliphatic hydroxyl groups is 1. The lowest BCUT2D eigenvalue weighted by molar-refractivity contribution is -0.0197. The fourth-order valence-electron chi connectivity index (χ4n) is 3.39. The van der Waals surface area contributed by atoms with Crippen molar-refractivity contribution in [2.24, 2.45) is 0 Å². The second-order valence-electron chi connectivity index (χ2n) is 6.77. The summed E-state index contributed by atoms with van der Waals surface area (Å²) in [5.41, 5.74) is 8.36. The lowest BCUT2D eigenvalue weighted by atomic mass is 10.1. The number of anilines is 2. The Hall–Kier alpha value is -2.71. The van der Waals surface area contributed by atoms with Gasteiger partial charge in [-0.25, -0.2) is 15.0 Å². The lowest BCUT2D eigenvalue weighted by Crippen LogP contribution is -2.17. The summed E-state index contributed by atoms with van der Waals surface area (Å²) >= 11 is 0. The average Bonchev–Trinajstić information content (AvgIpc) is 3.31. The molecule has 2 unspecified atom stereocenters. The molecule has 0 aliphatic carbocycles. The maximum absolute atomic E-state index is 9.38. The van der Waals surface area contributed by atoms with Crippen LogP contribution < -0.4 is 11.1 Å². The fourth-order valence-corrected chi connectivity index (χ4v) is 3.39. The van der Waals surface area contributed by atoms with Gasteiger partial charge in [-0.15, -0.1) is 0 Å². The van der Waals surface area contributed by atoms with Crippen LogP contribution in [0.4, 0.5) is 11.8 Å². The number of rotatable bonds is 10. The fraction of sp³-hybridized carbons (Fsp3) is 0.450. The van der Waals surface area contributed by atoms with Crippen LogP contribution in [0.25, 0.3) is 11.2 Å². The summed E-state index contributed by atoms with van der Waals surface area (Å²) in [6, 6.07) is 0. The van der Waals surface area contributed by atoms with Crippen molar-refractivity contribution in [3.05, 3.63) is 43.3 Å². The molecule has 1 saturated heterocycles. The van der Waals surface area contributed by atoms with Crippen LogP contribution in [0.3, 0.4) is 0 Å². The number of aliphatic hydroxyl groups excluding tert-OH is 1. The summed E-state index contributed by atoms with van der Waals surface area (Å²) in [5, 5.41) is 12.8. The first kappa shape index (κ1) is 20.0. The smallest absolute Gasteiger partial charge is 0.207 e. The molecule has 2 atom stereocenters. The van der Waals surface area contributed by atoms with Crippen molar-refractivity contribution in [3.8, 4) is 0 Å². The highest BCUT2D eigenvalue weighted by Gasteiger charge is 2.30. The molecule has 8 nitrogen and oxygen atoms in total. The average molecular weight is 384 g/mol. The summed E-state index contributed by atoms with van der Waals surface area (Å²) in [6.45, 7) is 8.31. The molecule has 0 aromatic carbocycles. The molecule has 2 aromatic heterocycles. The van der Waals surface area contributed by atoms with Crippen LogP contribution in [-0.4, -0.2) is 43.9 Å². The number of hydrogen-bond donors (Lipinski definition) is 3. The quantitative estimate of drug-likeness (QED) is 0.426. The molecule has 3 rings (SSSR count). The molecule has 1 aliphatic rings. The minimum atomic E-state index is -0.234. The van der Waals surface area contributed by atoms with E-state index in [2.05, 4.69) is 33.4 Å². The number of nitrogens with one attached hydrogen (secondary N) is 1. The van der Waals surface area contributed by atoms with E-state index in [1.165, 1.54) is 11.9 Å². The van der Waals surface area contributed by atoms with Gasteiger partial charge in [-0.1, -0.05) is 31.4 Å². The highest BCUT2D eigenvalue weighted by Crippen LogP contribution is 2.34. The number of nitrogens with two attached hydrogens (primary N) is 1. The molecule has 8 heteroatoms. The number of nitrogens with zero attached hydrogens (tertiary/aromatic N) is 4. The van der Waals surface area contributed by atoms with Crippen molar-refractivity contribution >= 4 is 22.9 Å². The van der Waals surface area contributed by atoms with Gasteiger partial charge in [-0.2, -0.15) is 0 Å². The van der Waals surface area contributed by atoms with Crippen molar-refractivity contribution in [2.45, 2.75) is 44.4 Å². The summed E-state index contributed by atoms with van der Waals surface area (Å²) in [4.78, 5) is 13.0. The van der Waals surface area contributed by atoms with Gasteiger partial charge in [0.15, 0.2) is 17.0 Å². The maximum atomic E-state index is 9.38. The molecule has 0 amide bonds. The summed E-state index contributed by atoms with van der Waals surface area (Å²) in [6.07, 6.45) is 11.2. The van der Waals surface area contributed by atoms with Crippen LogP contribution in [0.1, 0.15) is 38.3 Å². The van der Waals surface area contributed by atoms with Crippen molar-refractivity contribution in [3.63, 3.8) is 0 Å². The van der Waals surface area contributed by atoms with E-state index < -0.39 is 0 Å². The molecular weight excluding hydrogens is 356 g/mol.